The third-order valence-electron chi connectivity index (χ3n) is 2.26. The lowest BCUT2D eigenvalue weighted by Crippen LogP contribution is -2.11. The summed E-state index contributed by atoms with van der Waals surface area (Å²) in [5.74, 6) is 0. The number of aryl methyl sites for hydroxylation is 1. The number of hydrogen-bond donors (Lipinski definition) is 0. The average Bonchev–Trinajstić information content (AvgIpc) is 2.19. The molecule has 0 fully saturated rings. The van der Waals surface area contributed by atoms with E-state index in [4.69, 9.17) is 0 Å². The molecule has 0 spiro atoms. The second-order valence-electron chi connectivity index (χ2n) is 4.43. The van der Waals surface area contributed by atoms with Gasteiger partial charge in [0.15, 0.2) is 0 Å². The van der Waals surface area contributed by atoms with Crippen molar-refractivity contribution in [2.45, 2.75) is 51.9 Å². The van der Waals surface area contributed by atoms with E-state index < -0.39 is 0 Å². The van der Waals surface area contributed by atoms with Crippen molar-refractivity contribution in [3.05, 3.63) is 29.3 Å². The SMILES string of the molecule is CC.CSc1ccc(C(C)(C)C)cc1C. The monoisotopic (exact) mass is 224 g/mol. The molecule has 1 aromatic carbocycles. The number of thioether (sulfide) groups is 1. The summed E-state index contributed by atoms with van der Waals surface area (Å²) in [5, 5.41) is 0. The first-order chi connectivity index (χ1) is 6.95. The Kier molecular flexibility index (Phi) is 6.04. The van der Waals surface area contributed by atoms with Crippen LogP contribution in [0.3, 0.4) is 0 Å². The van der Waals surface area contributed by atoms with Gasteiger partial charge in [-0.2, -0.15) is 0 Å². The van der Waals surface area contributed by atoms with Crippen molar-refractivity contribution < 1.29 is 0 Å². The van der Waals surface area contributed by atoms with Crippen LogP contribution in [0.25, 0.3) is 0 Å². The highest BCUT2D eigenvalue weighted by atomic mass is 32.2. The zero-order chi connectivity index (χ0) is 12.1. The largest absolute Gasteiger partial charge is 0.129 e. The lowest BCUT2D eigenvalue weighted by molar-refractivity contribution is 0.589. The molecule has 86 valence electrons. The summed E-state index contributed by atoms with van der Waals surface area (Å²) < 4.78 is 0. The van der Waals surface area contributed by atoms with E-state index >= 15 is 0 Å². The van der Waals surface area contributed by atoms with Crippen LogP contribution >= 0.6 is 11.8 Å². The number of hydrogen-bond acceptors (Lipinski definition) is 1. The fourth-order valence-corrected chi connectivity index (χ4v) is 1.93. The Labute approximate surface area is 99.5 Å². The van der Waals surface area contributed by atoms with Gasteiger partial charge >= 0.3 is 0 Å². The zero-order valence-electron chi connectivity index (χ0n) is 11.1. The summed E-state index contributed by atoms with van der Waals surface area (Å²) in [6, 6.07) is 6.76. The van der Waals surface area contributed by atoms with E-state index in [0.29, 0.717) is 0 Å². The highest BCUT2D eigenvalue weighted by Crippen LogP contribution is 2.27. The van der Waals surface area contributed by atoms with E-state index in [1.165, 1.54) is 16.0 Å². The van der Waals surface area contributed by atoms with Crippen molar-refractivity contribution in [1.29, 1.82) is 0 Å². The van der Waals surface area contributed by atoms with Gasteiger partial charge in [-0.05, 0) is 35.8 Å². The molecular weight excluding hydrogens is 200 g/mol. The Balaban J connectivity index is 0.000000921. The van der Waals surface area contributed by atoms with Gasteiger partial charge in [-0.15, -0.1) is 11.8 Å². The molecule has 15 heavy (non-hydrogen) atoms. The summed E-state index contributed by atoms with van der Waals surface area (Å²) >= 11 is 1.81. The first-order valence-electron chi connectivity index (χ1n) is 5.60. The van der Waals surface area contributed by atoms with E-state index in [0.717, 1.165) is 0 Å². The molecule has 0 amide bonds. The summed E-state index contributed by atoms with van der Waals surface area (Å²) in [6.45, 7) is 12.9. The third kappa shape index (κ3) is 4.29. The maximum atomic E-state index is 2.30. The van der Waals surface area contributed by atoms with E-state index in [2.05, 4.69) is 52.1 Å². The topological polar surface area (TPSA) is 0 Å². The molecular formula is C14H24S. The summed E-state index contributed by atoms with van der Waals surface area (Å²) in [6.07, 6.45) is 2.12. The van der Waals surface area contributed by atoms with Gasteiger partial charge in [0, 0.05) is 4.90 Å². The van der Waals surface area contributed by atoms with Crippen LogP contribution in [0.4, 0.5) is 0 Å². The van der Waals surface area contributed by atoms with Crippen molar-refractivity contribution >= 4 is 11.8 Å². The summed E-state index contributed by atoms with van der Waals surface area (Å²) in [4.78, 5) is 1.38. The van der Waals surface area contributed by atoms with Gasteiger partial charge in [-0.3, -0.25) is 0 Å². The molecule has 0 nitrogen and oxygen atoms in total. The standard InChI is InChI=1S/C12H18S.C2H6/c1-9-8-10(12(2,3)4)6-7-11(9)13-5;1-2/h6-8H,1-5H3;1-2H3. The minimum Gasteiger partial charge on any atom is -0.129 e. The van der Waals surface area contributed by atoms with Gasteiger partial charge in [0.05, 0.1) is 0 Å². The summed E-state index contributed by atoms with van der Waals surface area (Å²) in [7, 11) is 0. The fraction of sp³-hybridized carbons (Fsp3) is 0.571. The van der Waals surface area contributed by atoms with E-state index in [9.17, 15) is 0 Å². The molecule has 1 rings (SSSR count). The van der Waals surface area contributed by atoms with Crippen molar-refractivity contribution in [3.8, 4) is 0 Å². The van der Waals surface area contributed by atoms with Gasteiger partial charge in [-0.1, -0.05) is 46.8 Å². The number of rotatable bonds is 1. The van der Waals surface area contributed by atoms with Crippen LogP contribution in [0.2, 0.25) is 0 Å². The molecule has 0 aliphatic heterocycles. The van der Waals surface area contributed by atoms with Gasteiger partial charge in [0.25, 0.3) is 0 Å². The van der Waals surface area contributed by atoms with Crippen molar-refractivity contribution in [2.75, 3.05) is 6.26 Å². The lowest BCUT2D eigenvalue weighted by Gasteiger charge is -2.20. The second kappa shape index (κ2) is 6.22. The van der Waals surface area contributed by atoms with E-state index in [1.807, 2.05) is 25.6 Å². The van der Waals surface area contributed by atoms with Crippen molar-refractivity contribution in [2.24, 2.45) is 0 Å². The van der Waals surface area contributed by atoms with Crippen LogP contribution < -0.4 is 0 Å². The van der Waals surface area contributed by atoms with E-state index in [1.54, 1.807) is 0 Å². The highest BCUT2D eigenvalue weighted by Gasteiger charge is 2.13. The lowest BCUT2D eigenvalue weighted by atomic mass is 9.86. The molecule has 0 bridgehead atoms. The molecule has 0 heterocycles. The Morgan fingerprint density at radius 3 is 1.93 bits per heavy atom. The molecule has 0 radical (unpaired) electrons. The zero-order valence-corrected chi connectivity index (χ0v) is 12.0. The first-order valence-corrected chi connectivity index (χ1v) is 6.83. The van der Waals surface area contributed by atoms with Gasteiger partial charge in [0.2, 0.25) is 0 Å². The maximum Gasteiger partial charge on any atom is 0.00985 e. The molecule has 1 heteroatoms. The maximum absolute atomic E-state index is 2.30. The van der Waals surface area contributed by atoms with Crippen molar-refractivity contribution in [1.82, 2.24) is 0 Å². The Bertz CT molecular complexity index is 295. The van der Waals surface area contributed by atoms with Crippen LogP contribution in [-0.2, 0) is 5.41 Å². The minimum absolute atomic E-state index is 0.266. The van der Waals surface area contributed by atoms with E-state index in [-0.39, 0.29) is 5.41 Å². The predicted molar refractivity (Wildman–Crippen MR) is 73.0 cm³/mol. The van der Waals surface area contributed by atoms with Crippen LogP contribution in [0, 0.1) is 6.92 Å². The van der Waals surface area contributed by atoms with Crippen molar-refractivity contribution in [3.63, 3.8) is 0 Å². The Hall–Kier alpha value is -0.430. The normalized spacial score (nSPS) is 10.6. The third-order valence-corrected chi connectivity index (χ3v) is 3.16. The highest BCUT2D eigenvalue weighted by molar-refractivity contribution is 7.98. The van der Waals surface area contributed by atoms with Crippen LogP contribution in [-0.4, -0.2) is 6.26 Å². The van der Waals surface area contributed by atoms with Crippen LogP contribution in [0.1, 0.15) is 45.7 Å². The van der Waals surface area contributed by atoms with Gasteiger partial charge in [-0.25, -0.2) is 0 Å². The molecule has 0 atom stereocenters. The molecule has 0 N–H and O–H groups in total. The molecule has 0 aliphatic carbocycles. The average molecular weight is 224 g/mol. The predicted octanol–water partition coefficient (Wildman–Crippen LogP) is 5.04. The Morgan fingerprint density at radius 2 is 1.60 bits per heavy atom. The Morgan fingerprint density at radius 1 is 1.07 bits per heavy atom. The fourth-order valence-electron chi connectivity index (χ4n) is 1.34. The first kappa shape index (κ1) is 14.6. The van der Waals surface area contributed by atoms with Crippen LogP contribution in [0.15, 0.2) is 23.1 Å². The quantitative estimate of drug-likeness (QED) is 0.602. The molecule has 0 saturated carbocycles. The molecule has 0 aliphatic rings. The smallest absolute Gasteiger partial charge is 0.00985 e. The van der Waals surface area contributed by atoms with Crippen LogP contribution in [0.5, 0.6) is 0 Å². The van der Waals surface area contributed by atoms with Gasteiger partial charge in [0.1, 0.15) is 0 Å². The summed E-state index contributed by atoms with van der Waals surface area (Å²) in [5.41, 5.74) is 3.07. The molecule has 0 aromatic heterocycles. The number of benzene rings is 1. The second-order valence-corrected chi connectivity index (χ2v) is 5.28. The minimum atomic E-state index is 0.266. The molecule has 0 unspecified atom stereocenters. The van der Waals surface area contributed by atoms with Gasteiger partial charge < -0.3 is 0 Å². The molecule has 1 aromatic rings. The molecule has 0 saturated heterocycles.